The average molecular weight is 307 g/mol. The average Bonchev–Trinajstić information content (AvgIpc) is 2.46. The van der Waals surface area contributed by atoms with E-state index in [-0.39, 0.29) is 0 Å². The third-order valence-corrected chi connectivity index (χ3v) is 4.19. The van der Waals surface area contributed by atoms with E-state index in [0.29, 0.717) is 11.3 Å². The lowest BCUT2D eigenvalue weighted by molar-refractivity contribution is 0.509. The molecule has 0 spiro atoms. The summed E-state index contributed by atoms with van der Waals surface area (Å²) in [6.45, 7) is 11.9. The summed E-state index contributed by atoms with van der Waals surface area (Å²) in [5, 5.41) is 0.394. The van der Waals surface area contributed by atoms with Crippen LogP contribution in [0.2, 0.25) is 0 Å². The van der Waals surface area contributed by atoms with Gasteiger partial charge in [-0.3, -0.25) is 5.43 Å². The van der Waals surface area contributed by atoms with Gasteiger partial charge in [0.1, 0.15) is 0 Å². The fraction of sp³-hybridized carbons (Fsp3) is 0.556. The van der Waals surface area contributed by atoms with Crippen molar-refractivity contribution in [1.29, 1.82) is 0 Å². The van der Waals surface area contributed by atoms with Crippen LogP contribution in [-0.4, -0.2) is 18.2 Å². The Morgan fingerprint density at radius 1 is 1.33 bits per heavy atom. The SMILES string of the molecule is C=C(CC(C)C)c1cccc(CC(NNCCC)SC)c1. The molecule has 2 N–H and O–H groups in total. The van der Waals surface area contributed by atoms with E-state index in [1.54, 1.807) is 0 Å². The summed E-state index contributed by atoms with van der Waals surface area (Å²) in [5.41, 5.74) is 10.6. The second-order valence-corrected chi connectivity index (χ2v) is 6.94. The van der Waals surface area contributed by atoms with Crippen LogP contribution in [0, 0.1) is 5.92 Å². The van der Waals surface area contributed by atoms with Crippen LogP contribution in [0.25, 0.3) is 5.57 Å². The quantitative estimate of drug-likeness (QED) is 0.378. The molecule has 0 fully saturated rings. The van der Waals surface area contributed by atoms with Gasteiger partial charge in [0.05, 0.1) is 5.37 Å². The van der Waals surface area contributed by atoms with Crippen LogP contribution < -0.4 is 10.9 Å². The molecule has 21 heavy (non-hydrogen) atoms. The maximum absolute atomic E-state index is 4.23. The van der Waals surface area contributed by atoms with Gasteiger partial charge >= 0.3 is 0 Å². The highest BCUT2D eigenvalue weighted by molar-refractivity contribution is 7.99. The van der Waals surface area contributed by atoms with E-state index in [9.17, 15) is 0 Å². The molecular weight excluding hydrogens is 276 g/mol. The van der Waals surface area contributed by atoms with Gasteiger partial charge in [-0.2, -0.15) is 0 Å². The molecule has 0 radical (unpaired) electrons. The Morgan fingerprint density at radius 2 is 2.10 bits per heavy atom. The van der Waals surface area contributed by atoms with Crippen molar-refractivity contribution >= 4 is 17.3 Å². The summed E-state index contributed by atoms with van der Waals surface area (Å²) < 4.78 is 0. The first-order valence-corrected chi connectivity index (χ1v) is 9.13. The Balaban J connectivity index is 2.64. The largest absolute Gasteiger partial charge is 0.257 e. The van der Waals surface area contributed by atoms with E-state index < -0.39 is 0 Å². The van der Waals surface area contributed by atoms with Gasteiger partial charge < -0.3 is 0 Å². The Labute approximate surface area is 134 Å². The molecule has 2 nitrogen and oxygen atoms in total. The van der Waals surface area contributed by atoms with Gasteiger partial charge in [0.15, 0.2) is 0 Å². The molecule has 1 rings (SSSR count). The first kappa shape index (κ1) is 18.3. The van der Waals surface area contributed by atoms with E-state index in [4.69, 9.17) is 0 Å². The van der Waals surface area contributed by atoms with Crippen LogP contribution in [0.15, 0.2) is 30.8 Å². The van der Waals surface area contributed by atoms with Gasteiger partial charge in [-0.05, 0) is 48.1 Å². The zero-order chi connectivity index (χ0) is 15.7. The summed E-state index contributed by atoms with van der Waals surface area (Å²) in [5.74, 6) is 0.653. The molecule has 0 heterocycles. The molecule has 0 bridgehead atoms. The smallest absolute Gasteiger partial charge is 0.0703 e. The number of hydrogen-bond donors (Lipinski definition) is 2. The Kier molecular flexibility index (Phi) is 8.74. The number of hydrazine groups is 1. The van der Waals surface area contributed by atoms with Crippen LogP contribution in [0.4, 0.5) is 0 Å². The summed E-state index contributed by atoms with van der Waals surface area (Å²) in [6, 6.07) is 8.81. The predicted molar refractivity (Wildman–Crippen MR) is 97.4 cm³/mol. The third-order valence-electron chi connectivity index (χ3n) is 3.33. The standard InChI is InChI=1S/C18H30N2S/c1-6-10-19-20-18(21-5)13-16-8-7-9-17(12-16)15(4)11-14(2)3/h7-9,12,14,18-20H,4,6,10-11,13H2,1-3,5H3. The summed E-state index contributed by atoms with van der Waals surface area (Å²) in [4.78, 5) is 0. The number of benzene rings is 1. The normalized spacial score (nSPS) is 12.6. The van der Waals surface area contributed by atoms with Crippen LogP contribution >= 0.6 is 11.8 Å². The van der Waals surface area contributed by atoms with Crippen molar-refractivity contribution < 1.29 is 0 Å². The van der Waals surface area contributed by atoms with Crippen molar-refractivity contribution in [3.05, 3.63) is 42.0 Å². The molecule has 0 aromatic heterocycles. The van der Waals surface area contributed by atoms with Gasteiger partial charge in [0, 0.05) is 6.54 Å². The number of nitrogens with one attached hydrogen (secondary N) is 2. The molecule has 1 aromatic rings. The minimum atomic E-state index is 0.394. The van der Waals surface area contributed by atoms with Crippen molar-refractivity contribution in [3.8, 4) is 0 Å². The molecular formula is C18H30N2S. The van der Waals surface area contributed by atoms with Crippen molar-refractivity contribution in [2.24, 2.45) is 5.92 Å². The second-order valence-electron chi connectivity index (χ2n) is 5.90. The number of thioether (sulfide) groups is 1. The van der Waals surface area contributed by atoms with Crippen LogP contribution in [0.1, 0.15) is 44.7 Å². The zero-order valence-corrected chi connectivity index (χ0v) is 14.7. The molecule has 0 saturated carbocycles. The Hall–Kier alpha value is -0.770. The zero-order valence-electron chi connectivity index (χ0n) is 13.9. The molecule has 1 atom stereocenters. The topological polar surface area (TPSA) is 24.1 Å². The molecule has 1 aromatic carbocycles. The lowest BCUT2D eigenvalue weighted by Crippen LogP contribution is -2.40. The Morgan fingerprint density at radius 3 is 2.71 bits per heavy atom. The van der Waals surface area contributed by atoms with Crippen molar-refractivity contribution in [2.45, 2.75) is 45.4 Å². The molecule has 1 unspecified atom stereocenters. The summed E-state index contributed by atoms with van der Waals surface area (Å²) in [6.07, 6.45) is 5.36. The molecule has 118 valence electrons. The van der Waals surface area contributed by atoms with Crippen LogP contribution in [0.5, 0.6) is 0 Å². The van der Waals surface area contributed by atoms with Gasteiger partial charge in [-0.1, -0.05) is 51.6 Å². The number of allylic oxidation sites excluding steroid dienone is 1. The van der Waals surface area contributed by atoms with Gasteiger partial charge in [0.2, 0.25) is 0 Å². The lowest BCUT2D eigenvalue weighted by Gasteiger charge is -2.18. The fourth-order valence-electron chi connectivity index (χ4n) is 2.25. The third kappa shape index (κ3) is 7.16. The van der Waals surface area contributed by atoms with Gasteiger partial charge in [0.25, 0.3) is 0 Å². The van der Waals surface area contributed by atoms with Crippen LogP contribution in [-0.2, 0) is 6.42 Å². The summed E-state index contributed by atoms with van der Waals surface area (Å²) >= 11 is 1.84. The first-order valence-electron chi connectivity index (χ1n) is 7.85. The molecule has 0 amide bonds. The maximum atomic E-state index is 4.23. The fourth-order valence-corrected chi connectivity index (χ4v) is 2.81. The Bertz CT molecular complexity index is 429. The highest BCUT2D eigenvalue weighted by Crippen LogP contribution is 2.22. The molecule has 0 saturated heterocycles. The monoisotopic (exact) mass is 306 g/mol. The minimum absolute atomic E-state index is 0.394. The van der Waals surface area contributed by atoms with E-state index >= 15 is 0 Å². The van der Waals surface area contributed by atoms with Crippen LogP contribution in [0.3, 0.4) is 0 Å². The molecule has 0 aliphatic rings. The van der Waals surface area contributed by atoms with Crippen molar-refractivity contribution in [3.63, 3.8) is 0 Å². The number of hydrogen-bond acceptors (Lipinski definition) is 3. The van der Waals surface area contributed by atoms with Crippen molar-refractivity contribution in [1.82, 2.24) is 10.9 Å². The maximum Gasteiger partial charge on any atom is 0.0703 e. The predicted octanol–water partition coefficient (Wildman–Crippen LogP) is 4.48. The molecule has 0 aliphatic heterocycles. The minimum Gasteiger partial charge on any atom is -0.257 e. The van der Waals surface area contributed by atoms with Gasteiger partial charge in [-0.25, -0.2) is 5.43 Å². The lowest BCUT2D eigenvalue weighted by atomic mass is 9.96. The second kappa shape index (κ2) is 10.0. The van der Waals surface area contributed by atoms with E-state index in [2.05, 4.69) is 68.7 Å². The van der Waals surface area contributed by atoms with Crippen molar-refractivity contribution in [2.75, 3.05) is 12.8 Å². The van der Waals surface area contributed by atoms with Gasteiger partial charge in [-0.15, -0.1) is 11.8 Å². The number of rotatable bonds is 10. The van der Waals surface area contributed by atoms with E-state index in [0.717, 1.165) is 25.8 Å². The highest BCUT2D eigenvalue weighted by atomic mass is 32.2. The first-order chi connectivity index (χ1) is 10.1. The molecule has 3 heteroatoms. The summed E-state index contributed by atoms with van der Waals surface area (Å²) in [7, 11) is 0. The van der Waals surface area contributed by atoms with E-state index in [1.807, 2.05) is 11.8 Å². The highest BCUT2D eigenvalue weighted by Gasteiger charge is 2.09. The van der Waals surface area contributed by atoms with E-state index in [1.165, 1.54) is 16.7 Å². The molecule has 0 aliphatic carbocycles.